The average Bonchev–Trinajstić information content (AvgIpc) is 2.83. The smallest absolute Gasteiger partial charge is 0.320 e. The van der Waals surface area contributed by atoms with Crippen molar-refractivity contribution in [3.63, 3.8) is 0 Å². The van der Waals surface area contributed by atoms with Crippen LogP contribution in [0.1, 0.15) is 30.2 Å². The first-order valence-corrected chi connectivity index (χ1v) is 6.83. The summed E-state index contributed by atoms with van der Waals surface area (Å²) in [6.07, 6.45) is 2.53. The summed E-state index contributed by atoms with van der Waals surface area (Å²) in [5.74, 6) is -2.02. The van der Waals surface area contributed by atoms with Crippen LogP contribution in [-0.2, 0) is 27.4 Å². The van der Waals surface area contributed by atoms with Crippen molar-refractivity contribution in [3.05, 3.63) is 16.1 Å². The predicted molar refractivity (Wildman–Crippen MR) is 70.7 cm³/mol. The van der Waals surface area contributed by atoms with E-state index in [0.29, 0.717) is 0 Å². The Balaban J connectivity index is 2.37. The standard InChI is InChI=1S/C12H18N2O4S/c1-3-9-14-5-8(19-9)6-18-10(15)4-7(2)11(13)12(16)17/h5,7,11H,3-4,6,13H2,1-2H3,(H,16,17)/t7?,11-/m0/s1. The number of carbonyl (C=O) groups excluding carboxylic acids is 1. The molecule has 0 bridgehead atoms. The molecule has 7 heteroatoms. The predicted octanol–water partition coefficient (Wildman–Crippen LogP) is 1.19. The quantitative estimate of drug-likeness (QED) is 0.730. The fraction of sp³-hybridized carbons (Fsp3) is 0.583. The first-order chi connectivity index (χ1) is 8.93. The lowest BCUT2D eigenvalue weighted by molar-refractivity contribution is -0.147. The zero-order valence-electron chi connectivity index (χ0n) is 11.0. The van der Waals surface area contributed by atoms with Gasteiger partial charge in [0.25, 0.3) is 0 Å². The van der Waals surface area contributed by atoms with E-state index in [9.17, 15) is 9.59 Å². The van der Waals surface area contributed by atoms with Gasteiger partial charge in [0.05, 0.1) is 16.3 Å². The van der Waals surface area contributed by atoms with Gasteiger partial charge in [0.2, 0.25) is 0 Å². The molecule has 1 aromatic rings. The van der Waals surface area contributed by atoms with Gasteiger partial charge in [-0.25, -0.2) is 4.98 Å². The minimum Gasteiger partial charge on any atom is -0.480 e. The van der Waals surface area contributed by atoms with Gasteiger partial charge in [-0.05, 0) is 12.3 Å². The highest BCUT2D eigenvalue weighted by atomic mass is 32.1. The number of nitrogens with two attached hydrogens (primary N) is 1. The molecule has 0 aliphatic heterocycles. The van der Waals surface area contributed by atoms with Gasteiger partial charge in [-0.1, -0.05) is 13.8 Å². The number of aryl methyl sites for hydroxylation is 1. The molecule has 0 saturated heterocycles. The van der Waals surface area contributed by atoms with E-state index in [1.807, 2.05) is 6.92 Å². The molecule has 0 aliphatic carbocycles. The minimum atomic E-state index is -1.12. The molecule has 3 N–H and O–H groups in total. The molecule has 0 fully saturated rings. The maximum absolute atomic E-state index is 11.5. The van der Waals surface area contributed by atoms with Crippen molar-refractivity contribution in [2.24, 2.45) is 11.7 Å². The second-order valence-corrected chi connectivity index (χ2v) is 5.48. The number of carboxylic acid groups (broad SMARTS) is 1. The normalized spacial score (nSPS) is 13.8. The Morgan fingerprint density at radius 2 is 2.26 bits per heavy atom. The third-order valence-corrected chi connectivity index (χ3v) is 3.78. The van der Waals surface area contributed by atoms with Gasteiger partial charge in [0.15, 0.2) is 0 Å². The number of aromatic nitrogens is 1. The topological polar surface area (TPSA) is 103 Å². The molecule has 1 unspecified atom stereocenters. The molecule has 2 atom stereocenters. The van der Waals surface area contributed by atoms with Crippen LogP contribution in [0.2, 0.25) is 0 Å². The summed E-state index contributed by atoms with van der Waals surface area (Å²) in [4.78, 5) is 27.2. The number of carbonyl (C=O) groups is 2. The number of nitrogens with zero attached hydrogens (tertiary/aromatic N) is 1. The van der Waals surface area contributed by atoms with Crippen LogP contribution in [0.25, 0.3) is 0 Å². The van der Waals surface area contributed by atoms with Crippen molar-refractivity contribution < 1.29 is 19.4 Å². The molecule has 106 valence electrons. The Morgan fingerprint density at radius 1 is 1.58 bits per heavy atom. The zero-order valence-corrected chi connectivity index (χ0v) is 11.8. The zero-order chi connectivity index (χ0) is 14.4. The maximum Gasteiger partial charge on any atom is 0.320 e. The number of rotatable bonds is 7. The van der Waals surface area contributed by atoms with Crippen LogP contribution in [0, 0.1) is 5.92 Å². The second-order valence-electron chi connectivity index (χ2n) is 4.28. The monoisotopic (exact) mass is 286 g/mol. The molecule has 1 rings (SSSR count). The average molecular weight is 286 g/mol. The number of hydrogen-bond donors (Lipinski definition) is 2. The maximum atomic E-state index is 11.5. The van der Waals surface area contributed by atoms with Crippen LogP contribution in [0.3, 0.4) is 0 Å². The number of aliphatic carboxylic acids is 1. The number of esters is 1. The Bertz CT molecular complexity index is 447. The SMILES string of the molecule is CCc1ncc(COC(=O)CC(C)[C@H](N)C(=O)O)s1. The van der Waals surface area contributed by atoms with Crippen LogP contribution < -0.4 is 5.73 Å². The lowest BCUT2D eigenvalue weighted by atomic mass is 9.99. The summed E-state index contributed by atoms with van der Waals surface area (Å²) in [5, 5.41) is 9.71. The highest BCUT2D eigenvalue weighted by Crippen LogP contribution is 2.15. The lowest BCUT2D eigenvalue weighted by Crippen LogP contribution is -2.37. The van der Waals surface area contributed by atoms with Crippen molar-refractivity contribution in [3.8, 4) is 0 Å². The highest BCUT2D eigenvalue weighted by Gasteiger charge is 2.23. The first kappa shape index (κ1) is 15.6. The Morgan fingerprint density at radius 3 is 2.79 bits per heavy atom. The van der Waals surface area contributed by atoms with Gasteiger partial charge in [-0.3, -0.25) is 9.59 Å². The van der Waals surface area contributed by atoms with Crippen LogP contribution in [0.15, 0.2) is 6.20 Å². The molecule has 0 spiro atoms. The van der Waals surface area contributed by atoms with Gasteiger partial charge in [-0.15, -0.1) is 11.3 Å². The highest BCUT2D eigenvalue weighted by molar-refractivity contribution is 7.11. The molecule has 1 aromatic heterocycles. The van der Waals surface area contributed by atoms with Crippen LogP contribution in [0.4, 0.5) is 0 Å². The molecule has 0 amide bonds. The van der Waals surface area contributed by atoms with Gasteiger partial charge < -0.3 is 15.6 Å². The van der Waals surface area contributed by atoms with E-state index in [-0.39, 0.29) is 13.0 Å². The van der Waals surface area contributed by atoms with Crippen molar-refractivity contribution >= 4 is 23.3 Å². The molecular formula is C12H18N2O4S. The van der Waals surface area contributed by atoms with E-state index in [1.165, 1.54) is 11.3 Å². The van der Waals surface area contributed by atoms with E-state index in [2.05, 4.69) is 4.98 Å². The van der Waals surface area contributed by atoms with Crippen LogP contribution in [0.5, 0.6) is 0 Å². The fourth-order valence-corrected chi connectivity index (χ4v) is 2.20. The number of thiazole rings is 1. The van der Waals surface area contributed by atoms with Crippen LogP contribution in [-0.4, -0.2) is 28.1 Å². The number of ether oxygens (including phenoxy) is 1. The molecule has 19 heavy (non-hydrogen) atoms. The fourth-order valence-electron chi connectivity index (χ4n) is 1.42. The van der Waals surface area contributed by atoms with Crippen molar-refractivity contribution in [1.82, 2.24) is 4.98 Å². The van der Waals surface area contributed by atoms with E-state index in [4.69, 9.17) is 15.6 Å². The minimum absolute atomic E-state index is 0.00704. The summed E-state index contributed by atoms with van der Waals surface area (Å²) >= 11 is 1.50. The summed E-state index contributed by atoms with van der Waals surface area (Å²) in [7, 11) is 0. The molecule has 0 aromatic carbocycles. The van der Waals surface area contributed by atoms with E-state index in [0.717, 1.165) is 16.3 Å². The molecular weight excluding hydrogens is 268 g/mol. The van der Waals surface area contributed by atoms with Crippen molar-refractivity contribution in [1.29, 1.82) is 0 Å². The van der Waals surface area contributed by atoms with E-state index >= 15 is 0 Å². The third kappa shape index (κ3) is 4.96. The van der Waals surface area contributed by atoms with E-state index in [1.54, 1.807) is 13.1 Å². The third-order valence-electron chi connectivity index (χ3n) is 2.67. The summed E-state index contributed by atoms with van der Waals surface area (Å²) in [6.45, 7) is 3.79. The first-order valence-electron chi connectivity index (χ1n) is 6.01. The van der Waals surface area contributed by atoms with Gasteiger partial charge >= 0.3 is 11.9 Å². The Labute approximate surface area is 115 Å². The number of hydrogen-bond acceptors (Lipinski definition) is 6. The van der Waals surface area contributed by atoms with Crippen molar-refractivity contribution in [2.75, 3.05) is 0 Å². The molecule has 0 aliphatic rings. The molecule has 1 heterocycles. The summed E-state index contributed by atoms with van der Waals surface area (Å²) in [5.41, 5.74) is 5.42. The van der Waals surface area contributed by atoms with Gasteiger partial charge in [-0.2, -0.15) is 0 Å². The number of carboxylic acids is 1. The Hall–Kier alpha value is -1.47. The Kier molecular flexibility index (Phi) is 5.91. The summed E-state index contributed by atoms with van der Waals surface area (Å²) in [6, 6.07) is -1.05. The largest absolute Gasteiger partial charge is 0.480 e. The van der Waals surface area contributed by atoms with E-state index < -0.39 is 23.9 Å². The van der Waals surface area contributed by atoms with Crippen molar-refractivity contribution in [2.45, 2.75) is 39.3 Å². The molecule has 0 radical (unpaired) electrons. The van der Waals surface area contributed by atoms with Gasteiger partial charge in [0, 0.05) is 6.20 Å². The van der Waals surface area contributed by atoms with Gasteiger partial charge in [0.1, 0.15) is 12.6 Å². The summed E-state index contributed by atoms with van der Waals surface area (Å²) < 4.78 is 5.07. The second kappa shape index (κ2) is 7.20. The van der Waals surface area contributed by atoms with Crippen LogP contribution >= 0.6 is 11.3 Å². The molecule has 0 saturated carbocycles. The lowest BCUT2D eigenvalue weighted by Gasteiger charge is -2.14. The molecule has 6 nitrogen and oxygen atoms in total.